The molecule has 0 aromatic heterocycles. The van der Waals surface area contributed by atoms with Crippen LogP contribution in [0.4, 0.5) is 10.1 Å². The van der Waals surface area contributed by atoms with Crippen molar-refractivity contribution >= 4 is 23.1 Å². The molecule has 1 unspecified atom stereocenters. The summed E-state index contributed by atoms with van der Waals surface area (Å²) >= 11 is 0. The zero-order chi connectivity index (χ0) is 22.1. The number of benzene rings is 3. The van der Waals surface area contributed by atoms with Gasteiger partial charge >= 0.3 is 0 Å². The van der Waals surface area contributed by atoms with E-state index in [2.05, 4.69) is 0 Å². The lowest BCUT2D eigenvalue weighted by atomic mass is 9.94. The number of nitrogens with zero attached hydrogens (tertiary/aromatic N) is 1. The molecule has 1 N–H and O–H groups in total. The number of ketones is 1. The van der Waals surface area contributed by atoms with Gasteiger partial charge in [-0.1, -0.05) is 48.5 Å². The van der Waals surface area contributed by atoms with Gasteiger partial charge in [-0.25, -0.2) is 4.39 Å². The van der Waals surface area contributed by atoms with E-state index in [1.54, 1.807) is 36.4 Å². The Kier molecular flexibility index (Phi) is 5.29. The molecular formula is C25H20FNO4. The van der Waals surface area contributed by atoms with Crippen LogP contribution in [0.3, 0.4) is 0 Å². The molecule has 4 rings (SSSR count). The number of ether oxygens (including phenoxy) is 1. The van der Waals surface area contributed by atoms with Gasteiger partial charge in [-0.15, -0.1) is 0 Å². The number of para-hydroxylation sites is 1. The Labute approximate surface area is 179 Å². The second-order valence-corrected chi connectivity index (χ2v) is 7.21. The van der Waals surface area contributed by atoms with Crippen molar-refractivity contribution in [3.63, 3.8) is 0 Å². The van der Waals surface area contributed by atoms with Crippen LogP contribution in [0.1, 0.15) is 22.7 Å². The Hall–Kier alpha value is -3.93. The molecule has 1 fully saturated rings. The Morgan fingerprint density at radius 2 is 1.68 bits per heavy atom. The molecule has 0 bridgehead atoms. The first-order chi connectivity index (χ1) is 14.9. The molecule has 0 aliphatic carbocycles. The summed E-state index contributed by atoms with van der Waals surface area (Å²) in [5.41, 5.74) is 1.88. The number of rotatable bonds is 4. The maximum Gasteiger partial charge on any atom is 0.300 e. The summed E-state index contributed by atoms with van der Waals surface area (Å²) in [6.07, 6.45) is 0. The van der Waals surface area contributed by atoms with Gasteiger partial charge in [0.15, 0.2) is 0 Å². The van der Waals surface area contributed by atoms with Gasteiger partial charge in [0, 0.05) is 5.69 Å². The fourth-order valence-electron chi connectivity index (χ4n) is 3.88. The molecule has 6 heteroatoms. The second kappa shape index (κ2) is 8.07. The SMILES string of the molecule is COc1ccc(F)cc1/C(O)=C1\C(=O)C(=O)N(c2ccccc2C)C1c1ccccc1. The number of hydrogen-bond donors (Lipinski definition) is 1. The first-order valence-electron chi connectivity index (χ1n) is 9.69. The number of anilines is 1. The summed E-state index contributed by atoms with van der Waals surface area (Å²) in [5.74, 6) is -2.51. The number of aliphatic hydroxyl groups is 1. The molecule has 3 aromatic carbocycles. The zero-order valence-electron chi connectivity index (χ0n) is 17.0. The first kappa shape index (κ1) is 20.3. The van der Waals surface area contributed by atoms with Crippen LogP contribution >= 0.6 is 0 Å². The molecule has 1 amide bonds. The van der Waals surface area contributed by atoms with Gasteiger partial charge in [0.05, 0.1) is 24.3 Å². The average Bonchev–Trinajstić information content (AvgIpc) is 3.05. The van der Waals surface area contributed by atoms with Crippen molar-refractivity contribution in [2.75, 3.05) is 12.0 Å². The number of carbonyl (C=O) groups is 2. The monoisotopic (exact) mass is 417 g/mol. The normalized spacial score (nSPS) is 17.8. The minimum absolute atomic E-state index is 0.00575. The van der Waals surface area contributed by atoms with Crippen LogP contribution in [0.15, 0.2) is 78.4 Å². The topological polar surface area (TPSA) is 66.8 Å². The lowest BCUT2D eigenvalue weighted by Crippen LogP contribution is -2.30. The van der Waals surface area contributed by atoms with Crippen LogP contribution in [-0.4, -0.2) is 23.9 Å². The summed E-state index contributed by atoms with van der Waals surface area (Å²) in [6, 6.07) is 18.9. The molecule has 156 valence electrons. The second-order valence-electron chi connectivity index (χ2n) is 7.21. The Bertz CT molecular complexity index is 1200. The average molecular weight is 417 g/mol. The molecule has 1 heterocycles. The minimum Gasteiger partial charge on any atom is -0.507 e. The van der Waals surface area contributed by atoms with Crippen LogP contribution in [0.5, 0.6) is 5.75 Å². The van der Waals surface area contributed by atoms with Crippen LogP contribution in [0.2, 0.25) is 0 Å². The summed E-state index contributed by atoms with van der Waals surface area (Å²) in [5, 5.41) is 11.1. The summed E-state index contributed by atoms with van der Waals surface area (Å²) < 4.78 is 19.2. The van der Waals surface area contributed by atoms with Crippen molar-refractivity contribution in [2.45, 2.75) is 13.0 Å². The number of aliphatic hydroxyl groups excluding tert-OH is 1. The Balaban J connectivity index is 2.00. The van der Waals surface area contributed by atoms with Crippen molar-refractivity contribution in [2.24, 2.45) is 0 Å². The van der Waals surface area contributed by atoms with Gasteiger partial charge in [0.2, 0.25) is 0 Å². The van der Waals surface area contributed by atoms with E-state index >= 15 is 0 Å². The van der Waals surface area contributed by atoms with Gasteiger partial charge in [-0.05, 0) is 42.3 Å². The highest BCUT2D eigenvalue weighted by molar-refractivity contribution is 6.51. The number of amides is 1. The van der Waals surface area contributed by atoms with Crippen LogP contribution in [-0.2, 0) is 9.59 Å². The lowest BCUT2D eigenvalue weighted by Gasteiger charge is -2.26. The smallest absolute Gasteiger partial charge is 0.300 e. The van der Waals surface area contributed by atoms with Crippen molar-refractivity contribution in [3.05, 3.63) is 101 Å². The predicted molar refractivity (Wildman–Crippen MR) is 115 cm³/mol. The lowest BCUT2D eigenvalue weighted by molar-refractivity contribution is -0.132. The summed E-state index contributed by atoms with van der Waals surface area (Å²) in [7, 11) is 1.38. The minimum atomic E-state index is -0.879. The molecule has 0 saturated carbocycles. The molecule has 0 radical (unpaired) electrons. The predicted octanol–water partition coefficient (Wildman–Crippen LogP) is 4.77. The Morgan fingerprint density at radius 3 is 2.35 bits per heavy atom. The number of halogens is 1. The van der Waals surface area contributed by atoms with E-state index in [0.29, 0.717) is 11.3 Å². The number of aryl methyl sites for hydroxylation is 1. The summed E-state index contributed by atoms with van der Waals surface area (Å²) in [6.45, 7) is 1.84. The van der Waals surface area contributed by atoms with E-state index in [0.717, 1.165) is 11.6 Å². The molecule has 3 aromatic rings. The zero-order valence-corrected chi connectivity index (χ0v) is 17.0. The third kappa shape index (κ3) is 3.46. The highest BCUT2D eigenvalue weighted by atomic mass is 19.1. The van der Waals surface area contributed by atoms with Gasteiger partial charge < -0.3 is 9.84 Å². The first-order valence-corrected chi connectivity index (χ1v) is 9.69. The third-order valence-corrected chi connectivity index (χ3v) is 5.35. The largest absolute Gasteiger partial charge is 0.507 e. The third-order valence-electron chi connectivity index (χ3n) is 5.35. The van der Waals surface area contributed by atoms with Crippen molar-refractivity contribution in [1.82, 2.24) is 0 Å². The number of hydrogen-bond acceptors (Lipinski definition) is 4. The van der Waals surface area contributed by atoms with E-state index in [1.165, 1.54) is 24.1 Å². The molecular weight excluding hydrogens is 397 g/mol. The van der Waals surface area contributed by atoms with Gasteiger partial charge in [0.1, 0.15) is 17.3 Å². The summed E-state index contributed by atoms with van der Waals surface area (Å²) in [4.78, 5) is 27.7. The van der Waals surface area contributed by atoms with E-state index in [4.69, 9.17) is 4.74 Å². The van der Waals surface area contributed by atoms with E-state index in [-0.39, 0.29) is 16.9 Å². The van der Waals surface area contributed by atoms with Gasteiger partial charge in [-0.2, -0.15) is 0 Å². The van der Waals surface area contributed by atoms with Gasteiger partial charge in [0.25, 0.3) is 11.7 Å². The number of Topliss-reactive ketones (excluding diaryl/α,β-unsaturated/α-hetero) is 1. The Morgan fingerprint density at radius 1 is 1.00 bits per heavy atom. The van der Waals surface area contributed by atoms with Crippen molar-refractivity contribution in [1.29, 1.82) is 0 Å². The maximum absolute atomic E-state index is 14.0. The highest BCUT2D eigenvalue weighted by Gasteiger charge is 2.47. The van der Waals surface area contributed by atoms with E-state index in [1.807, 2.05) is 25.1 Å². The number of carbonyl (C=O) groups excluding carboxylic acids is 2. The quantitative estimate of drug-likeness (QED) is 0.377. The molecule has 1 aliphatic rings. The number of methoxy groups -OCH3 is 1. The van der Waals surface area contributed by atoms with Crippen molar-refractivity contribution < 1.29 is 23.8 Å². The molecule has 1 atom stereocenters. The van der Waals surface area contributed by atoms with Crippen LogP contribution in [0, 0.1) is 12.7 Å². The van der Waals surface area contributed by atoms with Crippen LogP contribution < -0.4 is 9.64 Å². The fourth-order valence-corrected chi connectivity index (χ4v) is 3.88. The van der Waals surface area contributed by atoms with Crippen LogP contribution in [0.25, 0.3) is 5.76 Å². The highest BCUT2D eigenvalue weighted by Crippen LogP contribution is 2.44. The molecule has 1 saturated heterocycles. The van der Waals surface area contributed by atoms with Crippen molar-refractivity contribution in [3.8, 4) is 5.75 Å². The fraction of sp³-hybridized carbons (Fsp3) is 0.120. The molecule has 5 nitrogen and oxygen atoms in total. The standard InChI is InChI=1S/C25H20FNO4/c1-15-8-6-7-11-19(15)27-22(16-9-4-3-5-10-16)21(24(29)25(27)30)23(28)18-14-17(26)12-13-20(18)31-2/h3-14,22,28H,1-2H3/b23-21+. The molecule has 0 spiro atoms. The molecule has 1 aliphatic heterocycles. The maximum atomic E-state index is 14.0. The van der Waals surface area contributed by atoms with E-state index < -0.39 is 29.3 Å². The molecule has 31 heavy (non-hydrogen) atoms. The van der Waals surface area contributed by atoms with Gasteiger partial charge in [-0.3, -0.25) is 14.5 Å². The van der Waals surface area contributed by atoms with E-state index in [9.17, 15) is 19.1 Å².